The largest absolute Gasteiger partial charge is 0.444 e. The molecule has 1 amide bonds. The van der Waals surface area contributed by atoms with Crippen molar-refractivity contribution < 1.29 is 9.53 Å². The van der Waals surface area contributed by atoms with Gasteiger partial charge in [-0.1, -0.05) is 20.8 Å². The summed E-state index contributed by atoms with van der Waals surface area (Å²) in [5.74, 6) is 0.533. The number of nitrogens with one attached hydrogen (secondary N) is 1. The number of carbonyl (C=O) groups is 1. The lowest BCUT2D eigenvalue weighted by Crippen LogP contribution is -2.50. The van der Waals surface area contributed by atoms with Crippen molar-refractivity contribution in [3.8, 4) is 0 Å². The third-order valence-electron chi connectivity index (χ3n) is 4.97. The van der Waals surface area contributed by atoms with E-state index in [1.165, 1.54) is 6.42 Å². The van der Waals surface area contributed by atoms with Crippen LogP contribution in [0.1, 0.15) is 73.6 Å². The molecule has 1 aliphatic rings. The van der Waals surface area contributed by atoms with E-state index < -0.39 is 5.60 Å². The zero-order chi connectivity index (χ0) is 16.8. The van der Waals surface area contributed by atoms with Crippen LogP contribution in [0.15, 0.2) is 0 Å². The highest BCUT2D eigenvalue weighted by Gasteiger charge is 2.29. The Balaban J connectivity index is 2.51. The fourth-order valence-electron chi connectivity index (χ4n) is 3.21. The summed E-state index contributed by atoms with van der Waals surface area (Å²) in [6, 6.07) is 0. The fraction of sp³-hybridized carbons (Fsp3) is 0.944. The molecule has 0 spiro atoms. The molecule has 1 atom stereocenters. The second-order valence-corrected chi connectivity index (χ2v) is 7.66. The van der Waals surface area contributed by atoms with Crippen molar-refractivity contribution in [1.29, 1.82) is 0 Å². The highest BCUT2D eigenvalue weighted by molar-refractivity contribution is 5.68. The lowest BCUT2D eigenvalue weighted by molar-refractivity contribution is 0.0162. The molecular formula is C18H36N2O2. The minimum Gasteiger partial charge on any atom is -0.444 e. The van der Waals surface area contributed by atoms with Crippen LogP contribution in [-0.4, -0.2) is 41.8 Å². The normalized spacial score (nSPS) is 20.1. The summed E-state index contributed by atoms with van der Waals surface area (Å²) in [5, 5.41) is 3.78. The van der Waals surface area contributed by atoms with E-state index >= 15 is 0 Å². The lowest BCUT2D eigenvalue weighted by atomic mass is 9.88. The van der Waals surface area contributed by atoms with Crippen LogP contribution in [0.4, 0.5) is 4.79 Å². The van der Waals surface area contributed by atoms with Gasteiger partial charge in [0.05, 0.1) is 0 Å². The number of nitrogens with zero attached hydrogens (tertiary/aromatic N) is 1. The predicted molar refractivity (Wildman–Crippen MR) is 92.1 cm³/mol. The van der Waals surface area contributed by atoms with E-state index in [2.05, 4.69) is 26.1 Å². The molecule has 0 saturated carbocycles. The molecule has 1 aliphatic heterocycles. The van der Waals surface area contributed by atoms with Gasteiger partial charge in [0, 0.05) is 25.2 Å². The van der Waals surface area contributed by atoms with Crippen molar-refractivity contribution in [3.05, 3.63) is 0 Å². The van der Waals surface area contributed by atoms with Gasteiger partial charge in [-0.25, -0.2) is 4.79 Å². The van der Waals surface area contributed by atoms with Crippen molar-refractivity contribution in [2.45, 2.75) is 84.8 Å². The second kappa shape index (κ2) is 8.19. The number of hydrogen-bond donors (Lipinski definition) is 1. The Bertz CT molecular complexity index is 337. The maximum atomic E-state index is 12.2. The van der Waals surface area contributed by atoms with Crippen LogP contribution < -0.4 is 5.32 Å². The standard InChI is InChI=1S/C18H36N2O2/c1-7-18(8-2,9-3)19-13-15-11-10-12-20(14-15)16(21)22-17(4,5)6/h15,19H,7-14H2,1-6H3. The number of rotatable bonds is 6. The minimum absolute atomic E-state index is 0.162. The van der Waals surface area contributed by atoms with Gasteiger partial charge in [-0.3, -0.25) is 0 Å². The van der Waals surface area contributed by atoms with Gasteiger partial charge in [-0.2, -0.15) is 0 Å². The number of likely N-dealkylation sites (tertiary alicyclic amines) is 1. The predicted octanol–water partition coefficient (Wildman–Crippen LogP) is 4.19. The molecular weight excluding hydrogens is 276 g/mol. The Morgan fingerprint density at radius 3 is 2.27 bits per heavy atom. The molecule has 0 aromatic rings. The second-order valence-electron chi connectivity index (χ2n) is 7.66. The zero-order valence-electron chi connectivity index (χ0n) is 15.5. The van der Waals surface area contributed by atoms with Gasteiger partial charge in [0.1, 0.15) is 5.60 Å². The van der Waals surface area contributed by atoms with Gasteiger partial charge in [0.15, 0.2) is 0 Å². The van der Waals surface area contributed by atoms with Crippen LogP contribution >= 0.6 is 0 Å². The molecule has 0 radical (unpaired) electrons. The van der Waals surface area contributed by atoms with Crippen molar-refractivity contribution >= 4 is 6.09 Å². The first-order valence-corrected chi connectivity index (χ1v) is 8.98. The van der Waals surface area contributed by atoms with E-state index in [4.69, 9.17) is 4.74 Å². The van der Waals surface area contributed by atoms with E-state index in [9.17, 15) is 4.79 Å². The Kier molecular flexibility index (Phi) is 7.17. The first-order chi connectivity index (χ1) is 10.2. The molecule has 1 heterocycles. The molecule has 0 bridgehead atoms. The van der Waals surface area contributed by atoms with Gasteiger partial charge < -0.3 is 15.0 Å². The topological polar surface area (TPSA) is 41.6 Å². The van der Waals surface area contributed by atoms with E-state index in [-0.39, 0.29) is 11.6 Å². The molecule has 1 rings (SSSR count). The highest BCUT2D eigenvalue weighted by Crippen LogP contribution is 2.23. The van der Waals surface area contributed by atoms with Crippen LogP contribution in [0.5, 0.6) is 0 Å². The third-order valence-corrected chi connectivity index (χ3v) is 4.97. The molecule has 130 valence electrons. The van der Waals surface area contributed by atoms with Crippen molar-refractivity contribution in [1.82, 2.24) is 10.2 Å². The summed E-state index contributed by atoms with van der Waals surface area (Å²) in [5.41, 5.74) is -0.155. The molecule has 4 heteroatoms. The van der Waals surface area contributed by atoms with Crippen LogP contribution in [0, 0.1) is 5.92 Å². The van der Waals surface area contributed by atoms with Gasteiger partial charge in [0.2, 0.25) is 0 Å². The van der Waals surface area contributed by atoms with Crippen molar-refractivity contribution in [2.24, 2.45) is 5.92 Å². The molecule has 1 N–H and O–H groups in total. The molecule has 1 saturated heterocycles. The average Bonchev–Trinajstić information content (AvgIpc) is 2.48. The summed E-state index contributed by atoms with van der Waals surface area (Å²) in [6.07, 6.45) is 5.57. The first kappa shape index (κ1) is 19.3. The van der Waals surface area contributed by atoms with E-state index in [1.54, 1.807) is 0 Å². The maximum Gasteiger partial charge on any atom is 0.410 e. The lowest BCUT2D eigenvalue weighted by Gasteiger charge is -2.37. The van der Waals surface area contributed by atoms with Gasteiger partial charge in [-0.15, -0.1) is 0 Å². The fourth-order valence-corrected chi connectivity index (χ4v) is 3.21. The highest BCUT2D eigenvalue weighted by atomic mass is 16.6. The molecule has 0 aliphatic carbocycles. The average molecular weight is 312 g/mol. The smallest absolute Gasteiger partial charge is 0.410 e. The molecule has 0 aromatic carbocycles. The van der Waals surface area contributed by atoms with E-state index in [1.807, 2.05) is 25.7 Å². The van der Waals surface area contributed by atoms with Crippen molar-refractivity contribution in [3.63, 3.8) is 0 Å². The van der Waals surface area contributed by atoms with E-state index in [0.717, 1.165) is 45.3 Å². The molecule has 0 aromatic heterocycles. The van der Waals surface area contributed by atoms with Crippen LogP contribution in [0.25, 0.3) is 0 Å². The minimum atomic E-state index is -0.413. The van der Waals surface area contributed by atoms with Crippen molar-refractivity contribution in [2.75, 3.05) is 19.6 Å². The summed E-state index contributed by atoms with van der Waals surface area (Å²) < 4.78 is 5.50. The maximum absolute atomic E-state index is 12.2. The molecule has 4 nitrogen and oxygen atoms in total. The van der Waals surface area contributed by atoms with Gasteiger partial charge in [0.25, 0.3) is 0 Å². The van der Waals surface area contributed by atoms with Gasteiger partial charge in [-0.05, 0) is 58.8 Å². The van der Waals surface area contributed by atoms with Crippen LogP contribution in [0.2, 0.25) is 0 Å². The number of hydrogen-bond acceptors (Lipinski definition) is 3. The first-order valence-electron chi connectivity index (χ1n) is 8.98. The monoisotopic (exact) mass is 312 g/mol. The number of piperidine rings is 1. The van der Waals surface area contributed by atoms with E-state index in [0.29, 0.717) is 5.92 Å². The Hall–Kier alpha value is -0.770. The Morgan fingerprint density at radius 2 is 1.77 bits per heavy atom. The summed E-state index contributed by atoms with van der Waals surface area (Å²) in [7, 11) is 0. The van der Waals surface area contributed by atoms with Crippen LogP contribution in [-0.2, 0) is 4.74 Å². The Labute approximate surface area is 137 Å². The molecule has 1 unspecified atom stereocenters. The van der Waals surface area contributed by atoms with Crippen LogP contribution in [0.3, 0.4) is 0 Å². The van der Waals surface area contributed by atoms with Gasteiger partial charge >= 0.3 is 6.09 Å². The molecule has 1 fully saturated rings. The number of amides is 1. The Morgan fingerprint density at radius 1 is 1.18 bits per heavy atom. The summed E-state index contributed by atoms with van der Waals surface area (Å²) in [4.78, 5) is 14.1. The zero-order valence-corrected chi connectivity index (χ0v) is 15.5. The third kappa shape index (κ3) is 5.79. The number of ether oxygens (including phenoxy) is 1. The summed E-state index contributed by atoms with van der Waals surface area (Å²) >= 11 is 0. The summed E-state index contributed by atoms with van der Waals surface area (Å²) in [6.45, 7) is 15.2. The molecule has 22 heavy (non-hydrogen) atoms. The SMILES string of the molecule is CCC(CC)(CC)NCC1CCCN(C(=O)OC(C)(C)C)C1. The quantitative estimate of drug-likeness (QED) is 0.799. The number of carbonyl (C=O) groups excluding carboxylic acids is 1.